The molecule has 1 saturated heterocycles. The highest BCUT2D eigenvalue weighted by Crippen LogP contribution is 2.37. The molecule has 154 valence electrons. The normalized spacial score (nSPS) is 19.3. The summed E-state index contributed by atoms with van der Waals surface area (Å²) in [7, 11) is 0. The number of rotatable bonds is 2. The maximum absolute atomic E-state index is 11.7. The van der Waals surface area contributed by atoms with Crippen LogP contribution in [-0.2, 0) is 11.2 Å². The van der Waals surface area contributed by atoms with Crippen LogP contribution >= 0.6 is 15.9 Å². The minimum Gasteiger partial charge on any atom is -0.383 e. The van der Waals surface area contributed by atoms with E-state index in [1.807, 2.05) is 35.5 Å². The van der Waals surface area contributed by atoms with Crippen LogP contribution in [0.3, 0.4) is 0 Å². The lowest BCUT2D eigenvalue weighted by Crippen LogP contribution is -2.36. The van der Waals surface area contributed by atoms with E-state index in [-0.39, 0.29) is 17.7 Å². The summed E-state index contributed by atoms with van der Waals surface area (Å²) in [5.74, 6) is 1.05. The van der Waals surface area contributed by atoms with Gasteiger partial charge in [0.1, 0.15) is 5.82 Å². The molecule has 0 spiro atoms. The molecule has 1 atom stereocenters. The Hall–Kier alpha value is -2.74. The summed E-state index contributed by atoms with van der Waals surface area (Å²) in [4.78, 5) is 23.2. The predicted molar refractivity (Wildman–Crippen MR) is 120 cm³/mol. The van der Waals surface area contributed by atoms with Crippen LogP contribution in [0.25, 0.3) is 5.65 Å². The van der Waals surface area contributed by atoms with E-state index in [1.54, 1.807) is 11.4 Å². The minimum absolute atomic E-state index is 0.109. The number of nitrogens with zero attached hydrogens (tertiary/aromatic N) is 5. The van der Waals surface area contributed by atoms with Gasteiger partial charge in [-0.3, -0.25) is 9.79 Å². The number of aromatic nitrogens is 3. The van der Waals surface area contributed by atoms with Gasteiger partial charge in [0.25, 0.3) is 0 Å². The number of likely N-dealkylation sites (tertiary alicyclic amines) is 1. The lowest BCUT2D eigenvalue weighted by Gasteiger charge is -2.31. The van der Waals surface area contributed by atoms with Crippen molar-refractivity contribution in [1.82, 2.24) is 19.5 Å². The van der Waals surface area contributed by atoms with Gasteiger partial charge in [-0.15, -0.1) is 0 Å². The molecule has 2 N–H and O–H groups in total. The summed E-state index contributed by atoms with van der Waals surface area (Å²) in [5.41, 5.74) is 11.5. The molecule has 2 aliphatic heterocycles. The average molecular weight is 467 g/mol. The van der Waals surface area contributed by atoms with E-state index < -0.39 is 0 Å². The van der Waals surface area contributed by atoms with E-state index in [2.05, 4.69) is 32.1 Å². The molecule has 1 fully saturated rings. The fraction of sp³-hybridized carbons (Fsp3) is 0.364. The second kappa shape index (κ2) is 7.50. The zero-order valence-corrected chi connectivity index (χ0v) is 18.3. The molecule has 4 heterocycles. The molecular formula is C22H23BrN6O. The Labute approximate surface area is 183 Å². The van der Waals surface area contributed by atoms with Crippen molar-refractivity contribution in [3.63, 3.8) is 0 Å². The minimum atomic E-state index is 0.109. The number of hydrogen-bond acceptors (Lipinski definition) is 5. The molecular weight excluding hydrogens is 444 g/mol. The van der Waals surface area contributed by atoms with Gasteiger partial charge in [0.15, 0.2) is 5.65 Å². The Bertz CT molecular complexity index is 1160. The van der Waals surface area contributed by atoms with Crippen LogP contribution in [0.1, 0.15) is 48.4 Å². The molecule has 2 aliphatic rings. The Morgan fingerprint density at radius 2 is 2.00 bits per heavy atom. The molecule has 0 saturated carbocycles. The zero-order valence-electron chi connectivity index (χ0n) is 16.8. The topological polar surface area (TPSA) is 88.9 Å². The number of amides is 1. The van der Waals surface area contributed by atoms with Gasteiger partial charge in [-0.1, -0.05) is 18.2 Å². The Balaban J connectivity index is 1.51. The standard InChI is InChI=1S/C22H23BrN6O/c1-13(30)28-8-6-14(7-9-28)20-19(23)21(24)29-22(27-20)17(12-26-29)16-10-15-4-2-3-5-18(15)25-11-16/h2-5,11-12,14,16H,6-10,24H2,1H3. The molecule has 1 amide bonds. The molecule has 7 nitrogen and oxygen atoms in total. The first kappa shape index (κ1) is 19.2. The van der Waals surface area contributed by atoms with Crippen LogP contribution in [-0.4, -0.2) is 44.7 Å². The van der Waals surface area contributed by atoms with E-state index in [0.717, 1.165) is 59.4 Å². The smallest absolute Gasteiger partial charge is 0.219 e. The second-order valence-corrected chi connectivity index (χ2v) is 8.82. The first-order chi connectivity index (χ1) is 14.5. The lowest BCUT2D eigenvalue weighted by atomic mass is 9.91. The highest BCUT2D eigenvalue weighted by Gasteiger charge is 2.28. The molecule has 3 aromatic rings. The number of benzene rings is 1. The van der Waals surface area contributed by atoms with E-state index in [1.165, 1.54) is 5.56 Å². The van der Waals surface area contributed by atoms with Crippen molar-refractivity contribution >= 4 is 45.2 Å². The molecule has 2 aromatic heterocycles. The van der Waals surface area contributed by atoms with Gasteiger partial charge in [0.2, 0.25) is 5.91 Å². The summed E-state index contributed by atoms with van der Waals surface area (Å²) in [6.07, 6.45) is 6.47. The lowest BCUT2D eigenvalue weighted by molar-refractivity contribution is -0.129. The first-order valence-electron chi connectivity index (χ1n) is 10.2. The SMILES string of the molecule is CC(=O)N1CCC(c2nc3c(C4C=Nc5ccccc5C4)cnn3c(N)c2Br)CC1. The van der Waals surface area contributed by atoms with Gasteiger partial charge < -0.3 is 10.6 Å². The average Bonchev–Trinajstić information content (AvgIpc) is 3.20. The summed E-state index contributed by atoms with van der Waals surface area (Å²) >= 11 is 3.65. The van der Waals surface area contributed by atoms with Crippen LogP contribution in [0, 0.1) is 0 Å². The predicted octanol–water partition coefficient (Wildman–Crippen LogP) is 3.84. The molecule has 0 radical (unpaired) electrons. The number of nitrogen functional groups attached to an aromatic ring is 1. The first-order valence-corrected chi connectivity index (χ1v) is 11.0. The van der Waals surface area contributed by atoms with E-state index in [9.17, 15) is 4.79 Å². The van der Waals surface area contributed by atoms with Gasteiger partial charge in [-0.05, 0) is 46.8 Å². The van der Waals surface area contributed by atoms with Gasteiger partial charge in [0.05, 0.1) is 22.1 Å². The summed E-state index contributed by atoms with van der Waals surface area (Å²) in [6.45, 7) is 3.12. The monoisotopic (exact) mass is 466 g/mol. The van der Waals surface area contributed by atoms with Crippen molar-refractivity contribution in [1.29, 1.82) is 0 Å². The summed E-state index contributed by atoms with van der Waals surface area (Å²) < 4.78 is 2.51. The largest absolute Gasteiger partial charge is 0.383 e. The van der Waals surface area contributed by atoms with Crippen LogP contribution in [0.15, 0.2) is 39.9 Å². The van der Waals surface area contributed by atoms with Crippen molar-refractivity contribution in [3.8, 4) is 0 Å². The highest BCUT2D eigenvalue weighted by atomic mass is 79.9. The van der Waals surface area contributed by atoms with Crippen LogP contribution < -0.4 is 5.73 Å². The Kier molecular flexibility index (Phi) is 4.81. The third-order valence-electron chi connectivity index (χ3n) is 6.23. The maximum atomic E-state index is 11.7. The number of piperidine rings is 1. The fourth-order valence-electron chi connectivity index (χ4n) is 4.49. The molecule has 1 unspecified atom stereocenters. The summed E-state index contributed by atoms with van der Waals surface area (Å²) in [5, 5.41) is 4.52. The summed E-state index contributed by atoms with van der Waals surface area (Å²) in [6, 6.07) is 8.22. The fourth-order valence-corrected chi connectivity index (χ4v) is 5.07. The Morgan fingerprint density at radius 1 is 1.23 bits per heavy atom. The van der Waals surface area contributed by atoms with Crippen molar-refractivity contribution in [2.45, 2.75) is 38.0 Å². The van der Waals surface area contributed by atoms with Gasteiger partial charge in [-0.25, -0.2) is 4.98 Å². The number of fused-ring (bicyclic) bond motifs is 2. The van der Waals surface area contributed by atoms with E-state index >= 15 is 0 Å². The maximum Gasteiger partial charge on any atom is 0.219 e. The van der Waals surface area contributed by atoms with Gasteiger partial charge in [0, 0.05) is 43.6 Å². The number of hydrogen-bond donors (Lipinski definition) is 1. The number of nitrogens with two attached hydrogens (primary N) is 1. The molecule has 1 aromatic carbocycles. The van der Waals surface area contributed by atoms with Gasteiger partial charge >= 0.3 is 0 Å². The van der Waals surface area contributed by atoms with Crippen molar-refractivity contribution in [2.24, 2.45) is 4.99 Å². The third kappa shape index (κ3) is 3.19. The van der Waals surface area contributed by atoms with Crippen molar-refractivity contribution in [3.05, 3.63) is 51.8 Å². The van der Waals surface area contributed by atoms with Crippen LogP contribution in [0.2, 0.25) is 0 Å². The molecule has 30 heavy (non-hydrogen) atoms. The second-order valence-electron chi connectivity index (χ2n) is 8.03. The zero-order chi connectivity index (χ0) is 20.8. The molecule has 0 aliphatic carbocycles. The molecule has 0 bridgehead atoms. The third-order valence-corrected chi connectivity index (χ3v) is 7.04. The number of carbonyl (C=O) groups is 1. The number of carbonyl (C=O) groups excluding carboxylic acids is 1. The van der Waals surface area contributed by atoms with Crippen molar-refractivity contribution in [2.75, 3.05) is 18.8 Å². The van der Waals surface area contributed by atoms with E-state index in [4.69, 9.17) is 10.7 Å². The number of halogens is 1. The van der Waals surface area contributed by atoms with Gasteiger partial charge in [-0.2, -0.15) is 9.61 Å². The van der Waals surface area contributed by atoms with Crippen LogP contribution in [0.5, 0.6) is 0 Å². The highest BCUT2D eigenvalue weighted by molar-refractivity contribution is 9.10. The van der Waals surface area contributed by atoms with Crippen LogP contribution in [0.4, 0.5) is 11.5 Å². The quantitative estimate of drug-likeness (QED) is 0.620. The van der Waals surface area contributed by atoms with Crippen molar-refractivity contribution < 1.29 is 4.79 Å². The number of para-hydroxylation sites is 1. The number of anilines is 1. The Morgan fingerprint density at radius 3 is 2.77 bits per heavy atom. The number of aliphatic imine (C=N–C) groups is 1. The van der Waals surface area contributed by atoms with E-state index in [0.29, 0.717) is 5.82 Å². The molecule has 5 rings (SSSR count). The molecule has 8 heteroatoms.